The fourth-order valence-corrected chi connectivity index (χ4v) is 3.95. The lowest BCUT2D eigenvalue weighted by Gasteiger charge is -2.36. The molecule has 1 aromatic heterocycles. The first-order valence-corrected chi connectivity index (χ1v) is 10.4. The summed E-state index contributed by atoms with van der Waals surface area (Å²) in [5.41, 5.74) is 13.4. The van der Waals surface area contributed by atoms with Gasteiger partial charge >= 0.3 is 0 Å². The Morgan fingerprint density at radius 2 is 1.97 bits per heavy atom. The summed E-state index contributed by atoms with van der Waals surface area (Å²) in [6.45, 7) is 9.09. The number of amidine groups is 1. The maximum Gasteiger partial charge on any atom is 0.190 e. The molecule has 0 saturated carbocycles. The molecule has 31 heavy (non-hydrogen) atoms. The minimum absolute atomic E-state index is 0.0447. The first-order valence-electron chi connectivity index (χ1n) is 10.4. The predicted molar refractivity (Wildman–Crippen MR) is 119 cm³/mol. The number of pyridine rings is 1. The Morgan fingerprint density at radius 1 is 1.23 bits per heavy atom. The van der Waals surface area contributed by atoms with Gasteiger partial charge in [-0.25, -0.2) is 8.78 Å². The fraction of sp³-hybridized carbons (Fsp3) is 0.391. The number of fused-ring (bicyclic) bond motifs is 1. The second-order valence-corrected chi connectivity index (χ2v) is 7.39. The standard InChI is InChI=1S/C21H23F2N5O.C2H6/c1-11-6-18(24)26-27-21(11)28-5-4-17-14(10-28)7-13(9-25-17)15-8-16(22)20(29-3)19(23)12(15)2;1-2/h6-9,21,27H,4-5,10H2,1-3H3,(H2,24,26);1-2H3. The van der Waals surface area contributed by atoms with E-state index in [1.54, 1.807) is 13.1 Å². The maximum absolute atomic E-state index is 14.5. The number of nitrogens with zero attached hydrogens (tertiary/aromatic N) is 3. The van der Waals surface area contributed by atoms with Gasteiger partial charge in [-0.15, -0.1) is 0 Å². The van der Waals surface area contributed by atoms with Crippen molar-refractivity contribution in [3.63, 3.8) is 0 Å². The molecule has 0 saturated heterocycles. The molecule has 166 valence electrons. The second kappa shape index (κ2) is 9.43. The van der Waals surface area contributed by atoms with Gasteiger partial charge in [-0.2, -0.15) is 5.10 Å². The average Bonchev–Trinajstić information content (AvgIpc) is 2.77. The zero-order valence-corrected chi connectivity index (χ0v) is 18.6. The van der Waals surface area contributed by atoms with Gasteiger partial charge in [0, 0.05) is 37.0 Å². The Labute approximate surface area is 181 Å². The highest BCUT2D eigenvalue weighted by atomic mass is 19.1. The molecule has 0 bridgehead atoms. The molecule has 2 aliphatic heterocycles. The molecule has 0 amide bonds. The highest BCUT2D eigenvalue weighted by molar-refractivity contribution is 5.92. The minimum Gasteiger partial charge on any atom is -0.491 e. The topological polar surface area (TPSA) is 75.8 Å². The zero-order valence-electron chi connectivity index (χ0n) is 18.6. The molecule has 0 fully saturated rings. The molecule has 1 atom stereocenters. The van der Waals surface area contributed by atoms with E-state index < -0.39 is 11.6 Å². The van der Waals surface area contributed by atoms with Gasteiger partial charge in [0.2, 0.25) is 0 Å². The molecule has 2 aliphatic rings. The minimum atomic E-state index is -0.729. The molecule has 2 aromatic rings. The number of nitrogens with two attached hydrogens (primary N) is 1. The van der Waals surface area contributed by atoms with E-state index in [1.807, 2.05) is 32.9 Å². The second-order valence-electron chi connectivity index (χ2n) is 7.39. The summed E-state index contributed by atoms with van der Waals surface area (Å²) in [5.74, 6) is -1.33. The van der Waals surface area contributed by atoms with Crippen LogP contribution in [0.5, 0.6) is 5.75 Å². The smallest absolute Gasteiger partial charge is 0.190 e. The van der Waals surface area contributed by atoms with Crippen LogP contribution in [-0.4, -0.2) is 35.5 Å². The van der Waals surface area contributed by atoms with Crippen molar-refractivity contribution in [1.82, 2.24) is 15.3 Å². The van der Waals surface area contributed by atoms with E-state index in [4.69, 9.17) is 10.5 Å². The molecule has 1 unspecified atom stereocenters. The van der Waals surface area contributed by atoms with E-state index in [0.29, 0.717) is 29.1 Å². The summed E-state index contributed by atoms with van der Waals surface area (Å²) in [5, 5.41) is 4.12. The first kappa shape index (κ1) is 22.7. The van der Waals surface area contributed by atoms with E-state index in [2.05, 4.69) is 20.4 Å². The van der Waals surface area contributed by atoms with Crippen LogP contribution in [0.3, 0.4) is 0 Å². The van der Waals surface area contributed by atoms with Crippen LogP contribution in [0.2, 0.25) is 0 Å². The van der Waals surface area contributed by atoms with Crippen molar-refractivity contribution in [2.24, 2.45) is 10.8 Å². The predicted octanol–water partition coefficient (Wildman–Crippen LogP) is 3.88. The molecular weight excluding hydrogens is 400 g/mol. The summed E-state index contributed by atoms with van der Waals surface area (Å²) < 4.78 is 33.6. The van der Waals surface area contributed by atoms with Gasteiger partial charge in [-0.3, -0.25) is 15.3 Å². The van der Waals surface area contributed by atoms with Crippen molar-refractivity contribution >= 4 is 5.84 Å². The van der Waals surface area contributed by atoms with Crippen LogP contribution in [0, 0.1) is 18.6 Å². The van der Waals surface area contributed by atoms with E-state index >= 15 is 0 Å². The molecule has 8 heteroatoms. The lowest BCUT2D eigenvalue weighted by molar-refractivity contribution is 0.172. The third-order valence-corrected chi connectivity index (χ3v) is 5.49. The van der Waals surface area contributed by atoms with Crippen molar-refractivity contribution in [2.75, 3.05) is 13.7 Å². The van der Waals surface area contributed by atoms with Crippen molar-refractivity contribution in [1.29, 1.82) is 0 Å². The highest BCUT2D eigenvalue weighted by Crippen LogP contribution is 2.34. The highest BCUT2D eigenvalue weighted by Gasteiger charge is 2.27. The molecule has 6 nitrogen and oxygen atoms in total. The summed E-state index contributed by atoms with van der Waals surface area (Å²) in [7, 11) is 1.25. The SMILES string of the molecule is CC.COc1c(F)cc(-c2cnc3c(c2)CN(C2NN=C(N)C=C2C)CC3)c(C)c1F. The number of aromatic nitrogens is 1. The number of hydrogen-bond acceptors (Lipinski definition) is 6. The fourth-order valence-electron chi connectivity index (χ4n) is 3.95. The van der Waals surface area contributed by atoms with Crippen LogP contribution in [-0.2, 0) is 13.0 Å². The Morgan fingerprint density at radius 3 is 2.65 bits per heavy atom. The third kappa shape index (κ3) is 4.39. The molecule has 0 spiro atoms. The van der Waals surface area contributed by atoms with Gasteiger partial charge in [-0.1, -0.05) is 13.8 Å². The van der Waals surface area contributed by atoms with Crippen molar-refractivity contribution < 1.29 is 13.5 Å². The largest absolute Gasteiger partial charge is 0.491 e. The normalized spacial score (nSPS) is 18.1. The summed E-state index contributed by atoms with van der Waals surface area (Å²) in [4.78, 5) is 6.81. The van der Waals surface area contributed by atoms with Gasteiger partial charge in [0.15, 0.2) is 17.4 Å². The number of halogens is 2. The van der Waals surface area contributed by atoms with Gasteiger partial charge in [0.1, 0.15) is 12.0 Å². The van der Waals surface area contributed by atoms with Gasteiger partial charge in [-0.05, 0) is 54.3 Å². The van der Waals surface area contributed by atoms with Gasteiger partial charge in [0.25, 0.3) is 0 Å². The first-order chi connectivity index (χ1) is 14.9. The lowest BCUT2D eigenvalue weighted by Crippen LogP contribution is -2.49. The number of nitrogens with one attached hydrogen (secondary N) is 1. The van der Waals surface area contributed by atoms with Crippen LogP contribution in [0.1, 0.15) is 37.6 Å². The molecule has 0 radical (unpaired) electrons. The van der Waals surface area contributed by atoms with Crippen LogP contribution in [0.15, 0.2) is 35.1 Å². The quantitative estimate of drug-likeness (QED) is 0.775. The van der Waals surface area contributed by atoms with Crippen molar-refractivity contribution in [3.05, 3.63) is 58.4 Å². The van der Waals surface area contributed by atoms with E-state index in [-0.39, 0.29) is 11.9 Å². The molecule has 1 aromatic carbocycles. The Bertz CT molecular complexity index is 1040. The molecule has 3 heterocycles. The van der Waals surface area contributed by atoms with E-state index in [1.165, 1.54) is 13.2 Å². The van der Waals surface area contributed by atoms with Crippen LogP contribution >= 0.6 is 0 Å². The number of rotatable bonds is 3. The Kier molecular flexibility index (Phi) is 6.90. The number of methoxy groups -OCH3 is 1. The van der Waals surface area contributed by atoms with Crippen LogP contribution < -0.4 is 15.9 Å². The maximum atomic E-state index is 14.5. The Balaban J connectivity index is 0.00000132. The molecule has 4 rings (SSSR count). The molecule has 3 N–H and O–H groups in total. The Hall–Kier alpha value is -3.00. The zero-order chi connectivity index (χ0) is 22.7. The lowest BCUT2D eigenvalue weighted by atomic mass is 9.96. The molecule has 0 aliphatic carbocycles. The summed E-state index contributed by atoms with van der Waals surface area (Å²) in [6, 6.07) is 3.26. The monoisotopic (exact) mass is 429 g/mol. The summed E-state index contributed by atoms with van der Waals surface area (Å²) >= 11 is 0. The van der Waals surface area contributed by atoms with Crippen LogP contribution in [0.4, 0.5) is 8.78 Å². The molecular formula is C23H29F2N5O. The van der Waals surface area contributed by atoms with Crippen LogP contribution in [0.25, 0.3) is 11.1 Å². The van der Waals surface area contributed by atoms with Gasteiger partial charge in [0.05, 0.1) is 7.11 Å². The van der Waals surface area contributed by atoms with Crippen molar-refractivity contribution in [3.8, 4) is 16.9 Å². The van der Waals surface area contributed by atoms with Crippen molar-refractivity contribution in [2.45, 2.75) is 46.8 Å². The number of benzene rings is 1. The van der Waals surface area contributed by atoms with E-state index in [9.17, 15) is 8.78 Å². The summed E-state index contributed by atoms with van der Waals surface area (Å²) in [6.07, 6.45) is 4.27. The number of hydrogen-bond donors (Lipinski definition) is 2. The van der Waals surface area contributed by atoms with E-state index in [0.717, 1.165) is 29.8 Å². The number of ether oxygens (including phenoxy) is 1. The number of hydrazone groups is 1. The third-order valence-electron chi connectivity index (χ3n) is 5.49. The van der Waals surface area contributed by atoms with Gasteiger partial charge < -0.3 is 10.5 Å². The average molecular weight is 430 g/mol.